The first-order valence-electron chi connectivity index (χ1n) is 6.52. The first kappa shape index (κ1) is 12.6. The molecule has 2 nitrogen and oxygen atoms in total. The van der Waals surface area contributed by atoms with Crippen molar-refractivity contribution in [3.63, 3.8) is 0 Å². The van der Waals surface area contributed by atoms with E-state index in [2.05, 4.69) is 36.5 Å². The summed E-state index contributed by atoms with van der Waals surface area (Å²) >= 11 is 0. The summed E-state index contributed by atoms with van der Waals surface area (Å²) < 4.78 is 0. The van der Waals surface area contributed by atoms with Gasteiger partial charge in [0.15, 0.2) is 0 Å². The van der Waals surface area contributed by atoms with Gasteiger partial charge in [0, 0.05) is 12.1 Å². The summed E-state index contributed by atoms with van der Waals surface area (Å²) in [6.45, 7) is 5.78. The molecule has 1 aromatic rings. The fraction of sp³-hybridized carbons (Fsp3) is 0.600. The molecule has 2 atom stereocenters. The maximum absolute atomic E-state index is 10.0. The summed E-state index contributed by atoms with van der Waals surface area (Å²) in [6.07, 6.45) is 2.59. The van der Waals surface area contributed by atoms with Crippen LogP contribution in [0.2, 0.25) is 0 Å². The smallest absolute Gasteiger partial charge is 0.0741 e. The molecule has 2 rings (SSSR count). The highest BCUT2D eigenvalue weighted by Gasteiger charge is 2.35. The normalized spacial score (nSPS) is 20.0. The molecule has 0 radical (unpaired) electrons. The Hall–Kier alpha value is -0.860. The van der Waals surface area contributed by atoms with Gasteiger partial charge in [-0.2, -0.15) is 0 Å². The Morgan fingerprint density at radius 3 is 2.29 bits per heavy atom. The predicted molar refractivity (Wildman–Crippen MR) is 70.8 cm³/mol. The van der Waals surface area contributed by atoms with Crippen LogP contribution in [0.25, 0.3) is 0 Å². The maximum atomic E-state index is 10.0. The van der Waals surface area contributed by atoms with Crippen molar-refractivity contribution >= 4 is 0 Å². The van der Waals surface area contributed by atoms with Crippen molar-refractivity contribution in [3.05, 3.63) is 35.9 Å². The van der Waals surface area contributed by atoms with E-state index < -0.39 is 5.60 Å². The van der Waals surface area contributed by atoms with E-state index in [0.717, 1.165) is 5.92 Å². The van der Waals surface area contributed by atoms with E-state index in [9.17, 15) is 5.11 Å². The topological polar surface area (TPSA) is 32.3 Å². The van der Waals surface area contributed by atoms with E-state index >= 15 is 0 Å². The third-order valence-electron chi connectivity index (χ3n) is 3.74. The Bertz CT molecular complexity index is 351. The van der Waals surface area contributed by atoms with Crippen LogP contribution < -0.4 is 5.32 Å². The van der Waals surface area contributed by atoms with E-state index in [1.54, 1.807) is 0 Å². The number of aliphatic hydroxyl groups is 1. The molecule has 1 fully saturated rings. The van der Waals surface area contributed by atoms with Gasteiger partial charge in [0.25, 0.3) is 0 Å². The van der Waals surface area contributed by atoms with Crippen molar-refractivity contribution in [1.82, 2.24) is 5.32 Å². The molecule has 0 heterocycles. The van der Waals surface area contributed by atoms with Crippen LogP contribution >= 0.6 is 0 Å². The quantitative estimate of drug-likeness (QED) is 0.819. The molecule has 0 saturated heterocycles. The minimum absolute atomic E-state index is 0.0910. The molecular formula is C15H23NO. The first-order chi connectivity index (χ1) is 7.98. The number of hydrogen-bond acceptors (Lipinski definition) is 2. The van der Waals surface area contributed by atoms with Gasteiger partial charge in [0.1, 0.15) is 0 Å². The largest absolute Gasteiger partial charge is 0.389 e. The lowest BCUT2D eigenvalue weighted by Gasteiger charge is -2.31. The molecule has 1 aliphatic carbocycles. The molecular weight excluding hydrogens is 210 g/mol. The second kappa shape index (κ2) is 4.79. The number of rotatable bonds is 5. The Kier molecular flexibility index (Phi) is 3.55. The Labute approximate surface area is 104 Å². The van der Waals surface area contributed by atoms with Crippen molar-refractivity contribution in [3.8, 4) is 0 Å². The lowest BCUT2D eigenvalue weighted by Crippen LogP contribution is -2.46. The molecule has 17 heavy (non-hydrogen) atoms. The molecule has 1 saturated carbocycles. The monoisotopic (exact) mass is 233 g/mol. The number of nitrogens with one attached hydrogen (secondary N) is 1. The van der Waals surface area contributed by atoms with Crippen LogP contribution in [0.15, 0.2) is 30.3 Å². The molecule has 94 valence electrons. The average Bonchev–Trinajstić information content (AvgIpc) is 3.09. The van der Waals surface area contributed by atoms with E-state index in [0.29, 0.717) is 6.04 Å². The summed E-state index contributed by atoms with van der Waals surface area (Å²) in [7, 11) is 0. The fourth-order valence-corrected chi connectivity index (χ4v) is 2.07. The van der Waals surface area contributed by atoms with Crippen molar-refractivity contribution < 1.29 is 5.11 Å². The average molecular weight is 233 g/mol. The van der Waals surface area contributed by atoms with Gasteiger partial charge in [-0.15, -0.1) is 0 Å². The molecule has 2 unspecified atom stereocenters. The van der Waals surface area contributed by atoms with Gasteiger partial charge in [-0.25, -0.2) is 0 Å². The Morgan fingerprint density at radius 2 is 1.82 bits per heavy atom. The van der Waals surface area contributed by atoms with Crippen LogP contribution in [0.4, 0.5) is 0 Å². The van der Waals surface area contributed by atoms with Crippen LogP contribution in [0.3, 0.4) is 0 Å². The van der Waals surface area contributed by atoms with E-state index in [-0.39, 0.29) is 6.04 Å². The first-order valence-corrected chi connectivity index (χ1v) is 6.52. The van der Waals surface area contributed by atoms with E-state index in [4.69, 9.17) is 0 Å². The number of benzene rings is 1. The van der Waals surface area contributed by atoms with Crippen LogP contribution in [0.1, 0.15) is 45.2 Å². The second-order valence-electron chi connectivity index (χ2n) is 5.77. The van der Waals surface area contributed by atoms with Crippen LogP contribution in [-0.4, -0.2) is 16.7 Å². The zero-order valence-electron chi connectivity index (χ0n) is 11.0. The van der Waals surface area contributed by atoms with Crippen LogP contribution in [0.5, 0.6) is 0 Å². The Morgan fingerprint density at radius 1 is 1.24 bits per heavy atom. The minimum atomic E-state index is -0.679. The highest BCUT2D eigenvalue weighted by Crippen LogP contribution is 2.41. The number of hydrogen-bond donors (Lipinski definition) is 2. The lowest BCUT2D eigenvalue weighted by molar-refractivity contribution is 0.0385. The molecule has 0 spiro atoms. The molecule has 0 amide bonds. The highest BCUT2D eigenvalue weighted by molar-refractivity contribution is 5.21. The Balaban J connectivity index is 2.09. The van der Waals surface area contributed by atoms with Gasteiger partial charge >= 0.3 is 0 Å². The fourth-order valence-electron chi connectivity index (χ4n) is 2.07. The second-order valence-corrected chi connectivity index (χ2v) is 5.77. The maximum Gasteiger partial charge on any atom is 0.0741 e. The molecule has 1 aromatic carbocycles. The van der Waals surface area contributed by atoms with Crippen molar-refractivity contribution in [2.75, 3.05) is 0 Å². The minimum Gasteiger partial charge on any atom is -0.389 e. The molecule has 0 bridgehead atoms. The highest BCUT2D eigenvalue weighted by atomic mass is 16.3. The van der Waals surface area contributed by atoms with Gasteiger partial charge in [0.2, 0.25) is 0 Å². The molecule has 1 aliphatic rings. The summed E-state index contributed by atoms with van der Waals surface area (Å²) in [5.41, 5.74) is 0.660. The molecule has 2 N–H and O–H groups in total. The third kappa shape index (κ3) is 3.30. The van der Waals surface area contributed by atoms with Gasteiger partial charge < -0.3 is 10.4 Å². The van der Waals surface area contributed by atoms with Crippen LogP contribution in [-0.2, 0) is 0 Å². The summed E-state index contributed by atoms with van der Waals surface area (Å²) in [5.74, 6) is 0.738. The molecule has 0 aliphatic heterocycles. The van der Waals surface area contributed by atoms with Crippen molar-refractivity contribution in [1.29, 1.82) is 0 Å². The lowest BCUT2D eigenvalue weighted by atomic mass is 9.96. The van der Waals surface area contributed by atoms with E-state index in [1.165, 1.54) is 18.4 Å². The van der Waals surface area contributed by atoms with Crippen molar-refractivity contribution in [2.24, 2.45) is 5.92 Å². The summed E-state index contributed by atoms with van der Waals surface area (Å²) in [6, 6.07) is 11.0. The zero-order chi connectivity index (χ0) is 12.5. The zero-order valence-corrected chi connectivity index (χ0v) is 11.0. The van der Waals surface area contributed by atoms with E-state index in [1.807, 2.05) is 19.9 Å². The third-order valence-corrected chi connectivity index (χ3v) is 3.74. The standard InChI is InChI=1S/C15H23NO/c1-11(15(2,3)17)16-14(13-9-10-13)12-7-5-4-6-8-12/h4-8,11,13-14,16-17H,9-10H2,1-3H3. The van der Waals surface area contributed by atoms with Crippen molar-refractivity contribution in [2.45, 2.75) is 51.3 Å². The SMILES string of the molecule is CC(NC(c1ccccc1)C1CC1)C(C)(C)O. The van der Waals surface area contributed by atoms with Gasteiger partial charge in [-0.1, -0.05) is 30.3 Å². The van der Waals surface area contributed by atoms with Gasteiger partial charge in [-0.3, -0.25) is 0 Å². The van der Waals surface area contributed by atoms with Gasteiger partial charge in [-0.05, 0) is 45.1 Å². The van der Waals surface area contributed by atoms with Crippen LogP contribution in [0, 0.1) is 5.92 Å². The molecule has 0 aromatic heterocycles. The molecule has 2 heteroatoms. The summed E-state index contributed by atoms with van der Waals surface area (Å²) in [4.78, 5) is 0. The van der Waals surface area contributed by atoms with Gasteiger partial charge in [0.05, 0.1) is 5.60 Å². The predicted octanol–water partition coefficient (Wildman–Crippen LogP) is 2.89. The summed E-state index contributed by atoms with van der Waals surface area (Å²) in [5, 5.41) is 13.6.